The molecule has 0 aromatic heterocycles. The predicted octanol–water partition coefficient (Wildman–Crippen LogP) is 5.05. The summed E-state index contributed by atoms with van der Waals surface area (Å²) in [4.78, 5) is 12.5. The molecule has 0 aliphatic heterocycles. The number of rotatable bonds is 8. The van der Waals surface area contributed by atoms with E-state index in [4.69, 9.17) is 9.47 Å². The van der Waals surface area contributed by atoms with Gasteiger partial charge in [-0.15, -0.1) is 0 Å². The molecule has 4 heteroatoms. The Labute approximate surface area is 149 Å². The van der Waals surface area contributed by atoms with Crippen molar-refractivity contribution in [2.45, 2.75) is 39.2 Å². The molecular weight excluding hydrogens is 314 g/mol. The molecule has 0 fully saturated rings. The van der Waals surface area contributed by atoms with Gasteiger partial charge in [0.05, 0.1) is 17.7 Å². The minimum atomic E-state index is -0.493. The molecule has 1 atom stereocenters. The molecule has 0 saturated carbocycles. The van der Waals surface area contributed by atoms with Crippen LogP contribution in [0.1, 0.15) is 60.7 Å². The quantitative estimate of drug-likeness (QED) is 0.500. The molecule has 0 aliphatic rings. The van der Waals surface area contributed by atoms with Crippen LogP contribution in [-0.4, -0.2) is 12.6 Å². The van der Waals surface area contributed by atoms with Gasteiger partial charge in [-0.05, 0) is 36.6 Å². The smallest absolute Gasteiger partial charge is 0.340 e. The van der Waals surface area contributed by atoms with Crippen molar-refractivity contribution in [1.29, 1.82) is 5.26 Å². The van der Waals surface area contributed by atoms with Gasteiger partial charge >= 0.3 is 5.97 Å². The molecule has 2 aromatic carbocycles. The van der Waals surface area contributed by atoms with Gasteiger partial charge < -0.3 is 9.47 Å². The maximum absolute atomic E-state index is 12.5. The molecule has 0 saturated heterocycles. The van der Waals surface area contributed by atoms with Crippen LogP contribution in [0.4, 0.5) is 0 Å². The third kappa shape index (κ3) is 5.09. The van der Waals surface area contributed by atoms with Crippen molar-refractivity contribution in [2.24, 2.45) is 0 Å². The number of unbranched alkanes of at least 4 members (excludes halogenated alkanes) is 1. The lowest BCUT2D eigenvalue weighted by molar-refractivity contribution is 0.0287. The van der Waals surface area contributed by atoms with Crippen LogP contribution in [-0.2, 0) is 4.74 Å². The number of hydrogen-bond acceptors (Lipinski definition) is 4. The average Bonchev–Trinajstić information content (AvgIpc) is 2.66. The van der Waals surface area contributed by atoms with E-state index in [2.05, 4.69) is 13.0 Å². The van der Waals surface area contributed by atoms with Crippen LogP contribution in [0.3, 0.4) is 0 Å². The molecule has 0 bridgehead atoms. The highest BCUT2D eigenvalue weighted by atomic mass is 16.5. The molecule has 0 aliphatic carbocycles. The van der Waals surface area contributed by atoms with Crippen molar-refractivity contribution in [1.82, 2.24) is 0 Å². The van der Waals surface area contributed by atoms with Crippen LogP contribution < -0.4 is 4.74 Å². The van der Waals surface area contributed by atoms with E-state index in [9.17, 15) is 10.1 Å². The number of nitrogens with zero attached hydrogens (tertiary/aromatic N) is 1. The topological polar surface area (TPSA) is 59.3 Å². The van der Waals surface area contributed by atoms with Gasteiger partial charge in [0.2, 0.25) is 0 Å². The van der Waals surface area contributed by atoms with E-state index in [1.54, 1.807) is 18.2 Å². The van der Waals surface area contributed by atoms with Crippen LogP contribution in [0, 0.1) is 11.3 Å². The zero-order valence-corrected chi connectivity index (χ0v) is 14.7. The summed E-state index contributed by atoms with van der Waals surface area (Å²) in [6.07, 6.45) is 2.31. The van der Waals surface area contributed by atoms with Crippen molar-refractivity contribution in [3.05, 3.63) is 65.2 Å². The molecule has 4 nitrogen and oxygen atoms in total. The van der Waals surface area contributed by atoms with Crippen molar-refractivity contribution in [3.63, 3.8) is 0 Å². The van der Waals surface area contributed by atoms with Gasteiger partial charge in [0, 0.05) is 0 Å². The highest BCUT2D eigenvalue weighted by molar-refractivity contribution is 5.92. The molecule has 0 radical (unpaired) electrons. The summed E-state index contributed by atoms with van der Waals surface area (Å²) in [6.45, 7) is 4.64. The van der Waals surface area contributed by atoms with E-state index in [0.29, 0.717) is 18.8 Å². The normalized spacial score (nSPS) is 11.4. The van der Waals surface area contributed by atoms with Gasteiger partial charge in [0.1, 0.15) is 17.9 Å². The monoisotopic (exact) mass is 337 g/mol. The first kappa shape index (κ1) is 18.5. The third-order valence-corrected chi connectivity index (χ3v) is 3.89. The largest absolute Gasteiger partial charge is 0.494 e. The predicted molar refractivity (Wildman–Crippen MR) is 96.4 cm³/mol. The Morgan fingerprint density at radius 1 is 1.16 bits per heavy atom. The molecule has 0 N–H and O–H groups in total. The van der Waals surface area contributed by atoms with E-state index in [0.717, 1.165) is 18.4 Å². The summed E-state index contributed by atoms with van der Waals surface area (Å²) in [5.74, 6) is 0.101. The van der Waals surface area contributed by atoms with Crippen LogP contribution in [0.25, 0.3) is 0 Å². The molecule has 0 spiro atoms. The second-order valence-electron chi connectivity index (χ2n) is 5.73. The summed E-state index contributed by atoms with van der Waals surface area (Å²) >= 11 is 0. The van der Waals surface area contributed by atoms with Gasteiger partial charge in [0.25, 0.3) is 0 Å². The molecule has 1 unspecified atom stereocenters. The zero-order chi connectivity index (χ0) is 18.1. The molecular formula is C21H23NO3. The van der Waals surface area contributed by atoms with E-state index >= 15 is 0 Å². The first-order chi connectivity index (χ1) is 12.2. The van der Waals surface area contributed by atoms with Crippen molar-refractivity contribution >= 4 is 5.97 Å². The Morgan fingerprint density at radius 2 is 1.92 bits per heavy atom. The molecule has 0 heterocycles. The SMILES string of the molecule is CCCCOc1ccc(C(=O)OC(CC)c2ccccc2)c(C#N)c1. The van der Waals surface area contributed by atoms with Crippen LogP contribution in [0.5, 0.6) is 5.75 Å². The minimum Gasteiger partial charge on any atom is -0.494 e. The van der Waals surface area contributed by atoms with Crippen molar-refractivity contribution < 1.29 is 14.3 Å². The number of carbonyl (C=O) groups is 1. The highest BCUT2D eigenvalue weighted by Crippen LogP contribution is 2.24. The van der Waals surface area contributed by atoms with Gasteiger partial charge in [-0.1, -0.05) is 50.6 Å². The van der Waals surface area contributed by atoms with Gasteiger partial charge in [-0.25, -0.2) is 4.79 Å². The second-order valence-corrected chi connectivity index (χ2v) is 5.73. The first-order valence-electron chi connectivity index (χ1n) is 8.62. The summed E-state index contributed by atoms with van der Waals surface area (Å²) in [7, 11) is 0. The van der Waals surface area contributed by atoms with E-state index in [1.807, 2.05) is 37.3 Å². The molecule has 25 heavy (non-hydrogen) atoms. The summed E-state index contributed by atoms with van der Waals surface area (Å²) in [5.41, 5.74) is 1.47. The number of hydrogen-bond donors (Lipinski definition) is 0. The fraction of sp³-hybridized carbons (Fsp3) is 0.333. The summed E-state index contributed by atoms with van der Waals surface area (Å²) in [6, 6.07) is 16.6. The number of esters is 1. The molecule has 130 valence electrons. The molecule has 0 amide bonds. The van der Waals surface area contributed by atoms with E-state index < -0.39 is 5.97 Å². The Morgan fingerprint density at radius 3 is 2.56 bits per heavy atom. The second kappa shape index (κ2) is 9.48. The van der Waals surface area contributed by atoms with Crippen LogP contribution >= 0.6 is 0 Å². The Balaban J connectivity index is 2.14. The van der Waals surface area contributed by atoms with Crippen LogP contribution in [0.2, 0.25) is 0 Å². The summed E-state index contributed by atoms with van der Waals surface area (Å²) in [5, 5.41) is 9.36. The molecule has 2 aromatic rings. The lowest BCUT2D eigenvalue weighted by Gasteiger charge is -2.17. The van der Waals surface area contributed by atoms with Gasteiger partial charge in [-0.3, -0.25) is 0 Å². The average molecular weight is 337 g/mol. The fourth-order valence-corrected chi connectivity index (χ4v) is 2.47. The Hall–Kier alpha value is -2.80. The zero-order valence-electron chi connectivity index (χ0n) is 14.7. The number of nitriles is 1. The molecule has 2 rings (SSSR count). The van der Waals surface area contributed by atoms with Gasteiger partial charge in [-0.2, -0.15) is 5.26 Å². The lowest BCUT2D eigenvalue weighted by Crippen LogP contribution is -2.12. The maximum atomic E-state index is 12.5. The minimum absolute atomic E-state index is 0.264. The number of benzene rings is 2. The Kier molecular flexibility index (Phi) is 7.03. The van der Waals surface area contributed by atoms with Crippen molar-refractivity contribution in [3.8, 4) is 11.8 Å². The third-order valence-electron chi connectivity index (χ3n) is 3.89. The highest BCUT2D eigenvalue weighted by Gasteiger charge is 2.19. The van der Waals surface area contributed by atoms with E-state index in [1.165, 1.54) is 0 Å². The standard InChI is InChI=1S/C21H23NO3/c1-3-5-13-24-18-11-12-19(17(14-18)15-22)21(23)25-20(4-2)16-9-7-6-8-10-16/h6-12,14,20H,3-5,13H2,1-2H3. The summed E-state index contributed by atoms with van der Waals surface area (Å²) < 4.78 is 11.2. The van der Waals surface area contributed by atoms with Gasteiger partial charge in [0.15, 0.2) is 0 Å². The fourth-order valence-electron chi connectivity index (χ4n) is 2.47. The van der Waals surface area contributed by atoms with E-state index in [-0.39, 0.29) is 17.2 Å². The Bertz CT molecular complexity index is 735. The number of carbonyl (C=O) groups excluding carboxylic acids is 1. The number of ether oxygens (including phenoxy) is 2. The maximum Gasteiger partial charge on any atom is 0.340 e. The van der Waals surface area contributed by atoms with Crippen LogP contribution in [0.15, 0.2) is 48.5 Å². The van der Waals surface area contributed by atoms with Crippen molar-refractivity contribution in [2.75, 3.05) is 6.61 Å². The first-order valence-corrected chi connectivity index (χ1v) is 8.62. The lowest BCUT2D eigenvalue weighted by atomic mass is 10.1.